The number of benzene rings is 1. The molecule has 1 aromatic carbocycles. The highest BCUT2D eigenvalue weighted by molar-refractivity contribution is 6.34. The van der Waals surface area contributed by atoms with Crippen molar-refractivity contribution < 1.29 is 19.1 Å². The molecular formula is C11H10ClFO3. The molecule has 1 aromatic rings. The number of carbonyl (C=O) groups is 2. The summed E-state index contributed by atoms with van der Waals surface area (Å²) in [5.41, 5.74) is 0.149. The van der Waals surface area contributed by atoms with Gasteiger partial charge in [0, 0.05) is 12.0 Å². The first-order chi connectivity index (χ1) is 7.41. The van der Waals surface area contributed by atoms with E-state index in [-0.39, 0.29) is 17.0 Å². The van der Waals surface area contributed by atoms with E-state index in [0.29, 0.717) is 0 Å². The molecule has 86 valence electrons. The Kier molecular flexibility index (Phi) is 4.01. The first-order valence-corrected chi connectivity index (χ1v) is 5.00. The molecule has 1 atom stereocenters. The summed E-state index contributed by atoms with van der Waals surface area (Å²) in [4.78, 5) is 22.2. The molecule has 0 aliphatic carbocycles. The average Bonchev–Trinajstić information content (AvgIpc) is 2.16. The van der Waals surface area contributed by atoms with E-state index in [1.165, 1.54) is 13.0 Å². The summed E-state index contributed by atoms with van der Waals surface area (Å²) in [5, 5.41) is 8.65. The lowest BCUT2D eigenvalue weighted by molar-refractivity contribution is -0.141. The molecule has 3 nitrogen and oxygen atoms in total. The van der Waals surface area contributed by atoms with Gasteiger partial charge in [0.05, 0.1) is 10.9 Å². The largest absolute Gasteiger partial charge is 0.481 e. The Morgan fingerprint density at radius 2 is 2.12 bits per heavy atom. The van der Waals surface area contributed by atoms with Crippen LogP contribution in [-0.4, -0.2) is 16.9 Å². The summed E-state index contributed by atoms with van der Waals surface area (Å²) in [6, 6.07) is 3.40. The summed E-state index contributed by atoms with van der Waals surface area (Å²) in [7, 11) is 0. The van der Waals surface area contributed by atoms with E-state index in [1.54, 1.807) is 0 Å². The Morgan fingerprint density at radius 1 is 1.50 bits per heavy atom. The van der Waals surface area contributed by atoms with E-state index >= 15 is 0 Å². The van der Waals surface area contributed by atoms with E-state index < -0.39 is 23.5 Å². The topological polar surface area (TPSA) is 54.4 Å². The van der Waals surface area contributed by atoms with Crippen LogP contribution in [0.25, 0.3) is 0 Å². The molecule has 1 rings (SSSR count). The van der Waals surface area contributed by atoms with Crippen molar-refractivity contribution in [1.82, 2.24) is 0 Å². The van der Waals surface area contributed by atoms with Gasteiger partial charge in [-0.1, -0.05) is 18.5 Å². The summed E-state index contributed by atoms with van der Waals surface area (Å²) in [6.45, 7) is 1.43. The number of Topliss-reactive ketones (excluding diaryl/α,β-unsaturated/α-hetero) is 1. The third-order valence-electron chi connectivity index (χ3n) is 2.14. The van der Waals surface area contributed by atoms with Crippen molar-refractivity contribution in [1.29, 1.82) is 0 Å². The molecule has 0 radical (unpaired) electrons. The van der Waals surface area contributed by atoms with Crippen LogP contribution in [0.3, 0.4) is 0 Å². The number of hydrogen-bond acceptors (Lipinski definition) is 2. The molecule has 0 aliphatic rings. The van der Waals surface area contributed by atoms with Gasteiger partial charge in [0.15, 0.2) is 5.78 Å². The molecule has 0 heterocycles. The number of carboxylic acids is 1. The Balaban J connectivity index is 2.85. The van der Waals surface area contributed by atoms with E-state index in [4.69, 9.17) is 16.7 Å². The minimum absolute atomic E-state index is 0.00240. The Hall–Kier alpha value is -1.42. The lowest BCUT2D eigenvalue weighted by atomic mass is 10.00. The van der Waals surface area contributed by atoms with Gasteiger partial charge in [0.2, 0.25) is 0 Å². The zero-order chi connectivity index (χ0) is 12.3. The van der Waals surface area contributed by atoms with Gasteiger partial charge in [-0.05, 0) is 18.2 Å². The van der Waals surface area contributed by atoms with Gasteiger partial charge in [-0.15, -0.1) is 0 Å². The highest BCUT2D eigenvalue weighted by Crippen LogP contribution is 2.20. The SMILES string of the molecule is CC(CC(=O)c1ccc(F)cc1Cl)C(=O)O. The normalized spacial score (nSPS) is 12.2. The van der Waals surface area contributed by atoms with Crippen molar-refractivity contribution in [3.05, 3.63) is 34.6 Å². The molecule has 5 heteroatoms. The number of carboxylic acid groups (broad SMARTS) is 1. The minimum atomic E-state index is -1.05. The summed E-state index contributed by atoms with van der Waals surface area (Å²) >= 11 is 5.68. The van der Waals surface area contributed by atoms with Gasteiger partial charge < -0.3 is 5.11 Å². The van der Waals surface area contributed by atoms with Crippen LogP contribution >= 0.6 is 11.6 Å². The van der Waals surface area contributed by atoms with Gasteiger partial charge in [-0.2, -0.15) is 0 Å². The third kappa shape index (κ3) is 3.03. The molecule has 0 aliphatic heterocycles. The fourth-order valence-electron chi connectivity index (χ4n) is 1.19. The fraction of sp³-hybridized carbons (Fsp3) is 0.273. The van der Waals surface area contributed by atoms with E-state index in [1.807, 2.05) is 0 Å². The molecule has 0 aromatic heterocycles. The van der Waals surface area contributed by atoms with Crippen LogP contribution in [0.1, 0.15) is 23.7 Å². The maximum atomic E-state index is 12.7. The zero-order valence-electron chi connectivity index (χ0n) is 8.54. The molecule has 16 heavy (non-hydrogen) atoms. The molecule has 0 saturated heterocycles. The van der Waals surface area contributed by atoms with E-state index in [9.17, 15) is 14.0 Å². The highest BCUT2D eigenvalue weighted by atomic mass is 35.5. The van der Waals surface area contributed by atoms with Crippen LogP contribution in [0.4, 0.5) is 4.39 Å². The van der Waals surface area contributed by atoms with Crippen molar-refractivity contribution in [2.24, 2.45) is 5.92 Å². The van der Waals surface area contributed by atoms with Crippen molar-refractivity contribution in [3.63, 3.8) is 0 Å². The summed E-state index contributed by atoms with van der Waals surface area (Å²) in [5.74, 6) is -2.77. The third-order valence-corrected chi connectivity index (χ3v) is 2.46. The molecule has 0 fully saturated rings. The monoisotopic (exact) mass is 244 g/mol. The van der Waals surface area contributed by atoms with Crippen LogP contribution in [0.2, 0.25) is 5.02 Å². The second kappa shape index (κ2) is 5.07. The number of hydrogen-bond donors (Lipinski definition) is 1. The van der Waals surface area contributed by atoms with Crippen LogP contribution in [0, 0.1) is 11.7 Å². The lowest BCUT2D eigenvalue weighted by Crippen LogP contribution is -2.15. The summed E-state index contributed by atoms with van der Waals surface area (Å²) in [6.07, 6.45) is -0.152. The first kappa shape index (κ1) is 12.6. The minimum Gasteiger partial charge on any atom is -0.481 e. The predicted octanol–water partition coefficient (Wildman–Crippen LogP) is 2.77. The molecular weight excluding hydrogens is 235 g/mol. The van der Waals surface area contributed by atoms with Crippen LogP contribution < -0.4 is 0 Å². The van der Waals surface area contributed by atoms with Crippen molar-refractivity contribution in [3.8, 4) is 0 Å². The Labute approximate surface area is 96.8 Å². The number of ketones is 1. The highest BCUT2D eigenvalue weighted by Gasteiger charge is 2.18. The van der Waals surface area contributed by atoms with Crippen molar-refractivity contribution in [2.75, 3.05) is 0 Å². The molecule has 0 amide bonds. The number of halogens is 2. The zero-order valence-corrected chi connectivity index (χ0v) is 9.29. The number of aliphatic carboxylic acids is 1. The standard InChI is InChI=1S/C11H10ClFO3/c1-6(11(15)16)4-10(14)8-3-2-7(13)5-9(8)12/h2-3,5-6H,4H2,1H3,(H,15,16). The number of carbonyl (C=O) groups excluding carboxylic acids is 1. The van der Waals surface area contributed by atoms with Crippen molar-refractivity contribution in [2.45, 2.75) is 13.3 Å². The van der Waals surface area contributed by atoms with Gasteiger partial charge in [-0.3, -0.25) is 9.59 Å². The quantitative estimate of drug-likeness (QED) is 0.829. The van der Waals surface area contributed by atoms with Gasteiger partial charge in [-0.25, -0.2) is 4.39 Å². The van der Waals surface area contributed by atoms with E-state index in [2.05, 4.69) is 0 Å². The Bertz CT molecular complexity index is 431. The second-order valence-electron chi connectivity index (χ2n) is 3.49. The maximum absolute atomic E-state index is 12.7. The van der Waals surface area contributed by atoms with E-state index in [0.717, 1.165) is 12.1 Å². The molecule has 0 bridgehead atoms. The van der Waals surface area contributed by atoms with Crippen molar-refractivity contribution >= 4 is 23.4 Å². The maximum Gasteiger partial charge on any atom is 0.306 e. The average molecular weight is 245 g/mol. The van der Waals surface area contributed by atoms with Crippen LogP contribution in [0.5, 0.6) is 0 Å². The van der Waals surface area contributed by atoms with Crippen LogP contribution in [-0.2, 0) is 4.79 Å². The lowest BCUT2D eigenvalue weighted by Gasteiger charge is -2.06. The Morgan fingerprint density at radius 3 is 2.62 bits per heavy atom. The van der Waals surface area contributed by atoms with Gasteiger partial charge in [0.25, 0.3) is 0 Å². The predicted molar refractivity (Wildman–Crippen MR) is 57.2 cm³/mol. The fourth-order valence-corrected chi connectivity index (χ4v) is 1.46. The smallest absolute Gasteiger partial charge is 0.306 e. The molecule has 0 saturated carbocycles. The first-order valence-electron chi connectivity index (χ1n) is 4.63. The molecule has 1 N–H and O–H groups in total. The van der Waals surface area contributed by atoms with Gasteiger partial charge >= 0.3 is 5.97 Å². The molecule has 1 unspecified atom stereocenters. The van der Waals surface area contributed by atoms with Crippen LogP contribution in [0.15, 0.2) is 18.2 Å². The number of rotatable bonds is 4. The second-order valence-corrected chi connectivity index (χ2v) is 3.90. The molecule has 0 spiro atoms. The summed E-state index contributed by atoms with van der Waals surface area (Å²) < 4.78 is 12.7. The van der Waals surface area contributed by atoms with Gasteiger partial charge in [0.1, 0.15) is 5.82 Å².